The highest BCUT2D eigenvalue weighted by Crippen LogP contribution is 2.15. The molecule has 0 aliphatic heterocycles. The molecule has 0 bridgehead atoms. The van der Waals surface area contributed by atoms with Gasteiger partial charge in [-0.05, 0) is 13.3 Å². The molecule has 2 heterocycles. The first-order chi connectivity index (χ1) is 8.22. The molecule has 0 fully saturated rings. The molecule has 0 aliphatic carbocycles. The quantitative estimate of drug-likeness (QED) is 0.864. The van der Waals surface area contributed by atoms with Crippen LogP contribution in [0.5, 0.6) is 0 Å². The number of imidazole rings is 1. The summed E-state index contributed by atoms with van der Waals surface area (Å²) in [6.45, 7) is 4.95. The number of nitrogens with two attached hydrogens (primary N) is 1. The molecule has 5 heteroatoms. The molecule has 0 saturated heterocycles. The molecule has 1 unspecified atom stereocenters. The van der Waals surface area contributed by atoms with Crippen LogP contribution in [0.15, 0.2) is 24.8 Å². The van der Waals surface area contributed by atoms with E-state index in [0.29, 0.717) is 0 Å². The monoisotopic (exact) mass is 231 g/mol. The van der Waals surface area contributed by atoms with Crippen LogP contribution in [-0.4, -0.2) is 19.5 Å². The Bertz CT molecular complexity index is 474. The Morgan fingerprint density at radius 3 is 2.76 bits per heavy atom. The Morgan fingerprint density at radius 2 is 2.12 bits per heavy atom. The first kappa shape index (κ1) is 11.7. The van der Waals surface area contributed by atoms with Gasteiger partial charge in [-0.25, -0.2) is 4.98 Å². The fourth-order valence-electron chi connectivity index (χ4n) is 1.73. The predicted molar refractivity (Wildman–Crippen MR) is 65.3 cm³/mol. The first-order valence-electron chi connectivity index (χ1n) is 5.77. The fraction of sp³-hybridized carbons (Fsp3) is 0.417. The van der Waals surface area contributed by atoms with Gasteiger partial charge in [-0.3, -0.25) is 9.97 Å². The van der Waals surface area contributed by atoms with E-state index in [2.05, 4.69) is 26.4 Å². The van der Waals surface area contributed by atoms with Crippen molar-refractivity contribution in [2.24, 2.45) is 5.73 Å². The number of nitrogens with zero attached hydrogens (tertiary/aromatic N) is 4. The van der Waals surface area contributed by atoms with Crippen LogP contribution in [0.2, 0.25) is 0 Å². The van der Waals surface area contributed by atoms with Crippen molar-refractivity contribution >= 4 is 0 Å². The van der Waals surface area contributed by atoms with Crippen molar-refractivity contribution in [3.63, 3.8) is 0 Å². The molecule has 90 valence electrons. The first-order valence-corrected chi connectivity index (χ1v) is 5.77. The van der Waals surface area contributed by atoms with Crippen LogP contribution >= 0.6 is 0 Å². The summed E-state index contributed by atoms with van der Waals surface area (Å²) in [5.41, 5.74) is 7.79. The summed E-state index contributed by atoms with van der Waals surface area (Å²) in [6.07, 6.45) is 8.20. The number of hydrogen-bond donors (Lipinski definition) is 1. The molecule has 0 spiro atoms. The Balaban J connectivity index is 2.26. The summed E-state index contributed by atoms with van der Waals surface area (Å²) in [5.74, 6) is 0.838. The molecule has 0 radical (unpaired) electrons. The van der Waals surface area contributed by atoms with E-state index in [9.17, 15) is 0 Å². The third-order valence-corrected chi connectivity index (χ3v) is 2.61. The third-order valence-electron chi connectivity index (χ3n) is 2.61. The molecule has 0 aliphatic rings. The zero-order chi connectivity index (χ0) is 12.3. The molecule has 17 heavy (non-hydrogen) atoms. The van der Waals surface area contributed by atoms with E-state index in [1.54, 1.807) is 18.6 Å². The van der Waals surface area contributed by atoms with Crippen molar-refractivity contribution in [1.29, 1.82) is 0 Å². The largest absolute Gasteiger partial charge is 0.333 e. The van der Waals surface area contributed by atoms with Crippen molar-refractivity contribution in [3.8, 4) is 0 Å². The van der Waals surface area contributed by atoms with Gasteiger partial charge in [0.05, 0.1) is 17.6 Å². The standard InChI is InChI=1S/C12H17N5/c1-3-5-17-6-4-14-12(17)11(13)10-8-15-9(2)7-16-10/h4,6-8,11H,3,5,13H2,1-2H3. The van der Waals surface area contributed by atoms with Crippen LogP contribution in [-0.2, 0) is 6.54 Å². The normalized spacial score (nSPS) is 12.6. The predicted octanol–water partition coefficient (Wildman–Crippen LogP) is 1.44. The Kier molecular flexibility index (Phi) is 3.49. The van der Waals surface area contributed by atoms with Gasteiger partial charge in [0.15, 0.2) is 0 Å². The lowest BCUT2D eigenvalue weighted by atomic mass is 10.2. The zero-order valence-corrected chi connectivity index (χ0v) is 10.2. The van der Waals surface area contributed by atoms with Gasteiger partial charge in [0.1, 0.15) is 11.9 Å². The molecule has 2 aromatic rings. The molecule has 5 nitrogen and oxygen atoms in total. The second-order valence-electron chi connectivity index (χ2n) is 4.04. The molecule has 0 aromatic carbocycles. The van der Waals surface area contributed by atoms with Gasteiger partial charge < -0.3 is 10.3 Å². The van der Waals surface area contributed by atoms with Crippen LogP contribution < -0.4 is 5.73 Å². The lowest BCUT2D eigenvalue weighted by Gasteiger charge is -2.12. The average Bonchev–Trinajstić information content (AvgIpc) is 2.78. The summed E-state index contributed by atoms with van der Waals surface area (Å²) < 4.78 is 2.06. The molecule has 2 N–H and O–H groups in total. The van der Waals surface area contributed by atoms with Gasteiger partial charge in [0.25, 0.3) is 0 Å². The Morgan fingerprint density at radius 1 is 1.29 bits per heavy atom. The maximum atomic E-state index is 6.16. The van der Waals surface area contributed by atoms with E-state index < -0.39 is 0 Å². The van der Waals surface area contributed by atoms with E-state index >= 15 is 0 Å². The van der Waals surface area contributed by atoms with Gasteiger partial charge in [-0.15, -0.1) is 0 Å². The van der Waals surface area contributed by atoms with Crippen molar-refractivity contribution in [1.82, 2.24) is 19.5 Å². The third kappa shape index (κ3) is 2.50. The van der Waals surface area contributed by atoms with Crippen molar-refractivity contribution in [3.05, 3.63) is 42.0 Å². The van der Waals surface area contributed by atoms with Gasteiger partial charge in [-0.2, -0.15) is 0 Å². The van der Waals surface area contributed by atoms with Gasteiger partial charge in [0.2, 0.25) is 0 Å². The second-order valence-corrected chi connectivity index (χ2v) is 4.04. The highest BCUT2D eigenvalue weighted by Gasteiger charge is 2.15. The molecule has 1 atom stereocenters. The topological polar surface area (TPSA) is 69.6 Å². The summed E-state index contributed by atoms with van der Waals surface area (Å²) in [5, 5.41) is 0. The highest BCUT2D eigenvalue weighted by atomic mass is 15.1. The number of aryl methyl sites for hydroxylation is 2. The minimum absolute atomic E-state index is 0.315. The maximum absolute atomic E-state index is 6.16. The van der Waals surface area contributed by atoms with Crippen LogP contribution in [0.4, 0.5) is 0 Å². The molecule has 2 rings (SSSR count). The average molecular weight is 231 g/mol. The van der Waals surface area contributed by atoms with Gasteiger partial charge in [-0.1, -0.05) is 6.92 Å². The Hall–Kier alpha value is -1.75. The summed E-state index contributed by atoms with van der Waals surface area (Å²) in [4.78, 5) is 12.8. The molecular formula is C12H17N5. The Labute approximate surface area is 101 Å². The van der Waals surface area contributed by atoms with Crippen molar-refractivity contribution in [2.75, 3.05) is 0 Å². The second kappa shape index (κ2) is 5.05. The van der Waals surface area contributed by atoms with Crippen molar-refractivity contribution in [2.45, 2.75) is 32.9 Å². The molecular weight excluding hydrogens is 214 g/mol. The van der Waals surface area contributed by atoms with Crippen LogP contribution in [0.1, 0.15) is 36.6 Å². The molecule has 0 amide bonds. The van der Waals surface area contributed by atoms with Crippen LogP contribution in [0, 0.1) is 6.92 Å². The van der Waals surface area contributed by atoms with E-state index in [1.165, 1.54) is 0 Å². The van der Waals surface area contributed by atoms with E-state index in [-0.39, 0.29) is 6.04 Å². The molecule has 2 aromatic heterocycles. The summed E-state index contributed by atoms with van der Waals surface area (Å²) >= 11 is 0. The lowest BCUT2D eigenvalue weighted by Crippen LogP contribution is -2.19. The number of aromatic nitrogens is 4. The zero-order valence-electron chi connectivity index (χ0n) is 10.2. The van der Waals surface area contributed by atoms with E-state index in [4.69, 9.17) is 5.73 Å². The van der Waals surface area contributed by atoms with Crippen LogP contribution in [0.3, 0.4) is 0 Å². The SMILES string of the molecule is CCCn1ccnc1C(N)c1cnc(C)cn1. The highest BCUT2D eigenvalue weighted by molar-refractivity contribution is 5.15. The number of hydrogen-bond acceptors (Lipinski definition) is 4. The van der Waals surface area contributed by atoms with Crippen LogP contribution in [0.25, 0.3) is 0 Å². The van der Waals surface area contributed by atoms with E-state index in [0.717, 1.165) is 30.2 Å². The smallest absolute Gasteiger partial charge is 0.131 e. The molecule has 0 saturated carbocycles. The van der Waals surface area contributed by atoms with E-state index in [1.807, 2.05) is 13.1 Å². The maximum Gasteiger partial charge on any atom is 0.131 e. The minimum Gasteiger partial charge on any atom is -0.333 e. The number of rotatable bonds is 4. The summed E-state index contributed by atoms with van der Waals surface area (Å²) in [7, 11) is 0. The summed E-state index contributed by atoms with van der Waals surface area (Å²) in [6, 6.07) is -0.315. The van der Waals surface area contributed by atoms with Gasteiger partial charge in [0, 0.05) is 25.1 Å². The van der Waals surface area contributed by atoms with Crippen molar-refractivity contribution < 1.29 is 0 Å². The minimum atomic E-state index is -0.315. The lowest BCUT2D eigenvalue weighted by molar-refractivity contribution is 0.606. The van der Waals surface area contributed by atoms with Gasteiger partial charge >= 0.3 is 0 Å². The fourth-order valence-corrected chi connectivity index (χ4v) is 1.73.